The van der Waals surface area contributed by atoms with E-state index in [2.05, 4.69) is 12.2 Å². The van der Waals surface area contributed by atoms with E-state index in [1.165, 1.54) is 23.9 Å². The van der Waals surface area contributed by atoms with E-state index in [-0.39, 0.29) is 12.1 Å². The molecule has 19 heavy (non-hydrogen) atoms. The minimum atomic E-state index is -0.563. The summed E-state index contributed by atoms with van der Waals surface area (Å²) in [6.45, 7) is 4.89. The average Bonchev–Trinajstić information content (AvgIpc) is 2.39. The van der Waals surface area contributed by atoms with Gasteiger partial charge >= 0.3 is 0 Å². The van der Waals surface area contributed by atoms with Gasteiger partial charge in [-0.2, -0.15) is 0 Å². The van der Waals surface area contributed by atoms with Crippen molar-refractivity contribution < 1.29 is 13.9 Å². The molecule has 0 amide bonds. The third kappa shape index (κ3) is 5.47. The number of aliphatic hydroxyl groups is 1. The minimum absolute atomic E-state index is 0.0411. The van der Waals surface area contributed by atoms with Crippen LogP contribution in [0.1, 0.15) is 26.7 Å². The molecule has 0 spiro atoms. The highest BCUT2D eigenvalue weighted by atomic mass is 32.2. The number of halogens is 2. The van der Waals surface area contributed by atoms with Crippen LogP contribution in [0.2, 0.25) is 0 Å². The predicted molar refractivity (Wildman–Crippen MR) is 75.5 cm³/mol. The van der Waals surface area contributed by atoms with Crippen molar-refractivity contribution in [2.24, 2.45) is 0 Å². The first-order chi connectivity index (χ1) is 9.00. The fourth-order valence-corrected chi connectivity index (χ4v) is 2.76. The second kappa shape index (κ2) is 7.82. The van der Waals surface area contributed by atoms with Crippen LogP contribution in [0, 0.1) is 11.6 Å². The van der Waals surface area contributed by atoms with E-state index in [4.69, 9.17) is 0 Å². The van der Waals surface area contributed by atoms with E-state index in [0.29, 0.717) is 17.1 Å². The van der Waals surface area contributed by atoms with Gasteiger partial charge in [-0.15, -0.1) is 11.8 Å². The van der Waals surface area contributed by atoms with Crippen LogP contribution < -0.4 is 5.32 Å². The molecule has 1 atom stereocenters. The zero-order valence-electron chi connectivity index (χ0n) is 11.4. The summed E-state index contributed by atoms with van der Waals surface area (Å²) < 4.78 is 26.2. The molecule has 0 heterocycles. The summed E-state index contributed by atoms with van der Waals surface area (Å²) >= 11 is 1.34. The third-order valence-corrected chi connectivity index (χ3v) is 4.01. The lowest BCUT2D eigenvalue weighted by atomic mass is 10.0. The lowest BCUT2D eigenvalue weighted by molar-refractivity contribution is 0.171. The maximum atomic E-state index is 13.4. The second-order valence-corrected chi connectivity index (χ2v) is 5.96. The third-order valence-electron chi connectivity index (χ3n) is 2.96. The molecule has 0 radical (unpaired) electrons. The van der Waals surface area contributed by atoms with Gasteiger partial charge < -0.3 is 10.4 Å². The monoisotopic (exact) mass is 289 g/mol. The molecule has 0 saturated carbocycles. The second-order valence-electron chi connectivity index (χ2n) is 4.82. The Morgan fingerprint density at radius 2 is 2.11 bits per heavy atom. The molecule has 1 aromatic carbocycles. The maximum Gasteiger partial charge on any atom is 0.139 e. The molecular weight excluding hydrogens is 268 g/mol. The first-order valence-corrected chi connectivity index (χ1v) is 7.43. The molecule has 0 aliphatic heterocycles. The highest BCUT2D eigenvalue weighted by Gasteiger charge is 2.21. The summed E-state index contributed by atoms with van der Waals surface area (Å²) in [6.07, 6.45) is 1.71. The molecule has 0 aliphatic carbocycles. The van der Waals surface area contributed by atoms with E-state index in [0.717, 1.165) is 19.0 Å². The Bertz CT molecular complexity index is 403. The van der Waals surface area contributed by atoms with Crippen molar-refractivity contribution in [3.8, 4) is 0 Å². The zero-order chi connectivity index (χ0) is 14.3. The first-order valence-electron chi connectivity index (χ1n) is 6.44. The van der Waals surface area contributed by atoms with Gasteiger partial charge in [0.15, 0.2) is 0 Å². The van der Waals surface area contributed by atoms with Gasteiger partial charge in [0.2, 0.25) is 0 Å². The molecular formula is C14H21F2NOS. The molecule has 0 saturated heterocycles. The summed E-state index contributed by atoms with van der Waals surface area (Å²) in [4.78, 5) is 0.442. The number of nitrogens with one attached hydrogen (secondary N) is 1. The highest BCUT2D eigenvalue weighted by molar-refractivity contribution is 7.99. The fourth-order valence-electron chi connectivity index (χ4n) is 1.63. The normalized spacial score (nSPS) is 14.4. The van der Waals surface area contributed by atoms with Crippen molar-refractivity contribution in [1.29, 1.82) is 0 Å². The maximum absolute atomic E-state index is 13.4. The van der Waals surface area contributed by atoms with E-state index >= 15 is 0 Å². The summed E-state index contributed by atoms with van der Waals surface area (Å²) in [5.41, 5.74) is -0.348. The molecule has 0 fully saturated rings. The Hall–Kier alpha value is -0.650. The molecule has 0 bridgehead atoms. The molecule has 2 nitrogen and oxygen atoms in total. The Kier molecular flexibility index (Phi) is 6.75. The number of benzene rings is 1. The fraction of sp³-hybridized carbons (Fsp3) is 0.571. The number of hydrogen-bond donors (Lipinski definition) is 2. The van der Waals surface area contributed by atoms with Crippen molar-refractivity contribution in [3.63, 3.8) is 0 Å². The van der Waals surface area contributed by atoms with Crippen LogP contribution in [0.4, 0.5) is 8.78 Å². The molecule has 1 aromatic rings. The topological polar surface area (TPSA) is 32.3 Å². The Morgan fingerprint density at radius 3 is 2.68 bits per heavy atom. The Labute approximate surface area is 117 Å². The summed E-state index contributed by atoms with van der Waals surface area (Å²) in [6, 6.07) is 3.60. The van der Waals surface area contributed by atoms with Crippen LogP contribution in [0.25, 0.3) is 0 Å². The Balaban J connectivity index is 2.47. The van der Waals surface area contributed by atoms with E-state index < -0.39 is 11.6 Å². The van der Waals surface area contributed by atoms with Gasteiger partial charge in [0.25, 0.3) is 0 Å². The number of aliphatic hydroxyl groups excluding tert-OH is 1. The zero-order valence-corrected chi connectivity index (χ0v) is 12.2. The molecule has 1 rings (SSSR count). The van der Waals surface area contributed by atoms with Gasteiger partial charge in [-0.25, -0.2) is 8.78 Å². The van der Waals surface area contributed by atoms with Gasteiger partial charge in [0, 0.05) is 16.5 Å². The van der Waals surface area contributed by atoms with Gasteiger partial charge in [0.05, 0.1) is 6.61 Å². The lowest BCUT2D eigenvalue weighted by Crippen LogP contribution is -2.46. The predicted octanol–water partition coefficient (Wildman–Crippen LogP) is 3.20. The van der Waals surface area contributed by atoms with Crippen LogP contribution in [-0.2, 0) is 0 Å². The quantitative estimate of drug-likeness (QED) is 0.721. The highest BCUT2D eigenvalue weighted by Crippen LogP contribution is 2.25. The number of hydrogen-bond acceptors (Lipinski definition) is 3. The van der Waals surface area contributed by atoms with Crippen molar-refractivity contribution in [1.82, 2.24) is 5.32 Å². The van der Waals surface area contributed by atoms with Gasteiger partial charge in [-0.05, 0) is 44.2 Å². The minimum Gasteiger partial charge on any atom is -0.394 e. The van der Waals surface area contributed by atoms with Crippen LogP contribution in [0.5, 0.6) is 0 Å². The van der Waals surface area contributed by atoms with E-state index in [1.807, 2.05) is 6.92 Å². The average molecular weight is 289 g/mol. The Morgan fingerprint density at radius 1 is 1.37 bits per heavy atom. The van der Waals surface area contributed by atoms with Crippen LogP contribution in [0.3, 0.4) is 0 Å². The number of rotatable bonds is 8. The van der Waals surface area contributed by atoms with Gasteiger partial charge in [-0.3, -0.25) is 0 Å². The summed E-state index contributed by atoms with van der Waals surface area (Å²) in [7, 11) is 0. The molecule has 1 unspecified atom stereocenters. The largest absolute Gasteiger partial charge is 0.394 e. The van der Waals surface area contributed by atoms with Crippen LogP contribution in [0.15, 0.2) is 23.1 Å². The SMILES string of the molecule is CCCNC(C)(CO)CCSc1ccc(F)cc1F. The van der Waals surface area contributed by atoms with Crippen molar-refractivity contribution in [2.45, 2.75) is 37.1 Å². The number of thioether (sulfide) groups is 1. The van der Waals surface area contributed by atoms with Crippen molar-refractivity contribution >= 4 is 11.8 Å². The van der Waals surface area contributed by atoms with Crippen molar-refractivity contribution in [3.05, 3.63) is 29.8 Å². The van der Waals surface area contributed by atoms with Crippen molar-refractivity contribution in [2.75, 3.05) is 18.9 Å². The van der Waals surface area contributed by atoms with Gasteiger partial charge in [-0.1, -0.05) is 6.92 Å². The molecule has 0 aliphatic rings. The summed E-state index contributed by atoms with van der Waals surface area (Å²) in [5.74, 6) is -0.431. The van der Waals surface area contributed by atoms with Crippen LogP contribution >= 0.6 is 11.8 Å². The molecule has 5 heteroatoms. The molecule has 0 aromatic heterocycles. The lowest BCUT2D eigenvalue weighted by Gasteiger charge is -2.28. The van der Waals surface area contributed by atoms with E-state index in [9.17, 15) is 13.9 Å². The summed E-state index contributed by atoms with van der Waals surface area (Å²) in [5, 5.41) is 12.7. The molecule has 2 N–H and O–H groups in total. The first kappa shape index (κ1) is 16.4. The molecule has 108 valence electrons. The van der Waals surface area contributed by atoms with Gasteiger partial charge in [0.1, 0.15) is 11.6 Å². The standard InChI is InChI=1S/C14H21F2NOS/c1-3-7-17-14(2,10-18)6-8-19-13-5-4-11(15)9-12(13)16/h4-5,9,17-18H,3,6-8,10H2,1-2H3. The smallest absolute Gasteiger partial charge is 0.139 e. The van der Waals surface area contributed by atoms with E-state index in [1.54, 1.807) is 0 Å². The van der Waals surface area contributed by atoms with Crippen LogP contribution in [-0.4, -0.2) is 29.5 Å².